The van der Waals surface area contributed by atoms with Crippen molar-refractivity contribution in [1.29, 1.82) is 0 Å². The molecule has 0 atom stereocenters. The fourth-order valence-electron chi connectivity index (χ4n) is 4.41. The Balaban J connectivity index is 1.37. The van der Waals surface area contributed by atoms with Crippen molar-refractivity contribution in [2.45, 2.75) is 31.8 Å². The van der Waals surface area contributed by atoms with E-state index in [1.54, 1.807) is 13.3 Å². The third kappa shape index (κ3) is 4.13. The largest absolute Gasteiger partial charge is 0.381 e. The van der Waals surface area contributed by atoms with Crippen LogP contribution in [0.4, 0.5) is 11.5 Å². The number of fused-ring (bicyclic) bond motifs is 1. The van der Waals surface area contributed by atoms with Crippen LogP contribution in [0.1, 0.15) is 25.7 Å². The molecule has 3 aromatic heterocycles. The lowest BCUT2D eigenvalue weighted by Gasteiger charge is -2.35. The third-order valence-corrected chi connectivity index (χ3v) is 6.11. The second-order valence-corrected chi connectivity index (χ2v) is 8.14. The number of ether oxygens (including phenoxy) is 1. The van der Waals surface area contributed by atoms with E-state index in [1.165, 1.54) is 6.33 Å². The van der Waals surface area contributed by atoms with E-state index in [9.17, 15) is 4.79 Å². The summed E-state index contributed by atoms with van der Waals surface area (Å²) in [5, 5.41) is 9.63. The molecule has 0 spiro atoms. The van der Waals surface area contributed by atoms with Gasteiger partial charge in [-0.3, -0.25) is 14.9 Å². The van der Waals surface area contributed by atoms with E-state index in [1.807, 2.05) is 24.3 Å². The minimum atomic E-state index is 0.00528. The van der Waals surface area contributed by atoms with E-state index in [-0.39, 0.29) is 5.91 Å². The van der Waals surface area contributed by atoms with E-state index >= 15 is 0 Å². The molecular weight excluding hydrogens is 394 g/mol. The molecule has 31 heavy (non-hydrogen) atoms. The van der Waals surface area contributed by atoms with Gasteiger partial charge in [0, 0.05) is 25.4 Å². The van der Waals surface area contributed by atoms with Crippen LogP contribution in [0.5, 0.6) is 0 Å². The average molecular weight is 419 g/mol. The predicted molar refractivity (Wildman–Crippen MR) is 116 cm³/mol. The van der Waals surface area contributed by atoms with E-state index in [2.05, 4.69) is 30.4 Å². The highest BCUT2D eigenvalue weighted by atomic mass is 16.5. The zero-order valence-corrected chi connectivity index (χ0v) is 17.4. The van der Waals surface area contributed by atoms with Gasteiger partial charge in [-0.1, -0.05) is 0 Å². The van der Waals surface area contributed by atoms with E-state index in [4.69, 9.17) is 9.72 Å². The molecule has 1 fully saturated rings. The molecule has 0 radical (unpaired) electrons. The normalized spacial score (nSPS) is 20.9. The molecule has 4 heterocycles. The average Bonchev–Trinajstić information content (AvgIpc) is 3.34. The Bertz CT molecular complexity index is 1040. The molecule has 1 amide bonds. The smallest absolute Gasteiger partial charge is 0.244 e. The number of aromatic nitrogens is 5. The molecule has 1 aliphatic carbocycles. The summed E-state index contributed by atoms with van der Waals surface area (Å²) in [6, 6.07) is 7.70. The zero-order chi connectivity index (χ0) is 21.2. The van der Waals surface area contributed by atoms with Gasteiger partial charge in [-0.2, -0.15) is 5.10 Å². The molecule has 3 aromatic rings. The highest BCUT2D eigenvalue weighted by molar-refractivity contribution is 6.00. The molecule has 0 aromatic carbocycles. The number of carbonyl (C=O) groups is 1. The highest BCUT2D eigenvalue weighted by Crippen LogP contribution is 2.34. The van der Waals surface area contributed by atoms with Gasteiger partial charge >= 0.3 is 0 Å². The Morgan fingerprint density at radius 1 is 1.10 bits per heavy atom. The second kappa shape index (κ2) is 8.43. The Morgan fingerprint density at radius 3 is 2.65 bits per heavy atom. The number of nitrogens with one attached hydrogen (secondary N) is 2. The molecule has 9 heteroatoms. The number of hydrogen-bond donors (Lipinski definition) is 2. The number of methoxy groups -OCH3 is 1. The Hall–Kier alpha value is -3.33. The van der Waals surface area contributed by atoms with Gasteiger partial charge in [0.25, 0.3) is 0 Å². The molecule has 0 saturated heterocycles. The number of aromatic amines is 1. The lowest BCUT2D eigenvalue weighted by Crippen LogP contribution is -2.42. The lowest BCUT2D eigenvalue weighted by atomic mass is 9.87. The van der Waals surface area contributed by atoms with Crippen molar-refractivity contribution in [3.05, 3.63) is 36.8 Å². The summed E-state index contributed by atoms with van der Waals surface area (Å²) in [5.74, 6) is 2.00. The number of nitrogens with zero attached hydrogens (tertiary/aromatic N) is 5. The van der Waals surface area contributed by atoms with Crippen LogP contribution < -0.4 is 10.2 Å². The van der Waals surface area contributed by atoms with Gasteiger partial charge in [0.05, 0.1) is 24.0 Å². The summed E-state index contributed by atoms with van der Waals surface area (Å²) in [4.78, 5) is 27.9. The fourth-order valence-corrected chi connectivity index (χ4v) is 4.41. The number of pyridine rings is 2. The standard InChI is InChI=1S/C22H25N7O2/c1-31-16-5-2-14(3-6-16)11-29-12-20(30)26-19-9-8-17(27-22(19)29)15-4-7-18(23-10-15)21-24-13-25-28-21/h4,7-10,13-14,16H,2-3,5-6,11-12H2,1H3,(H,26,30)(H,24,25,28). The number of anilines is 2. The Kier molecular flexibility index (Phi) is 5.33. The minimum absolute atomic E-state index is 0.00528. The molecule has 9 nitrogen and oxygen atoms in total. The minimum Gasteiger partial charge on any atom is -0.381 e. The van der Waals surface area contributed by atoms with Crippen molar-refractivity contribution in [2.75, 3.05) is 30.4 Å². The molecule has 5 rings (SSSR count). The maximum atomic E-state index is 12.3. The number of carbonyl (C=O) groups excluding carboxylic acids is 1. The predicted octanol–water partition coefficient (Wildman–Crippen LogP) is 2.89. The zero-order valence-electron chi connectivity index (χ0n) is 17.4. The van der Waals surface area contributed by atoms with Gasteiger partial charge in [0.1, 0.15) is 12.0 Å². The van der Waals surface area contributed by atoms with Crippen molar-refractivity contribution in [1.82, 2.24) is 25.1 Å². The van der Waals surface area contributed by atoms with Crippen LogP contribution in [-0.2, 0) is 9.53 Å². The molecule has 1 aliphatic heterocycles. The highest BCUT2D eigenvalue weighted by Gasteiger charge is 2.28. The summed E-state index contributed by atoms with van der Waals surface area (Å²) < 4.78 is 5.49. The number of hydrogen-bond acceptors (Lipinski definition) is 7. The van der Waals surface area contributed by atoms with Crippen molar-refractivity contribution in [3.8, 4) is 22.8 Å². The first-order chi connectivity index (χ1) is 15.2. The summed E-state index contributed by atoms with van der Waals surface area (Å²) >= 11 is 0. The first-order valence-corrected chi connectivity index (χ1v) is 10.6. The SMILES string of the molecule is COC1CCC(CN2CC(=O)Nc3ccc(-c4ccc(-c5ncn[nH]5)nc4)nc32)CC1. The van der Waals surface area contributed by atoms with Gasteiger partial charge in [-0.05, 0) is 55.9 Å². The van der Waals surface area contributed by atoms with Crippen LogP contribution in [-0.4, -0.2) is 57.4 Å². The number of H-pyrrole nitrogens is 1. The first-order valence-electron chi connectivity index (χ1n) is 10.6. The molecule has 2 aliphatic rings. The van der Waals surface area contributed by atoms with Gasteiger partial charge in [-0.25, -0.2) is 9.97 Å². The van der Waals surface area contributed by atoms with Gasteiger partial charge in [0.15, 0.2) is 11.6 Å². The molecule has 2 N–H and O–H groups in total. The number of amides is 1. The maximum Gasteiger partial charge on any atom is 0.244 e. The van der Waals surface area contributed by atoms with Crippen LogP contribution in [0.2, 0.25) is 0 Å². The molecule has 160 valence electrons. The Morgan fingerprint density at radius 2 is 1.94 bits per heavy atom. The van der Waals surface area contributed by atoms with E-state index in [0.29, 0.717) is 24.4 Å². The lowest BCUT2D eigenvalue weighted by molar-refractivity contribution is -0.115. The molecular formula is C22H25N7O2. The monoisotopic (exact) mass is 419 g/mol. The number of rotatable bonds is 5. The van der Waals surface area contributed by atoms with Gasteiger partial charge in [0.2, 0.25) is 5.91 Å². The van der Waals surface area contributed by atoms with Crippen LogP contribution in [0, 0.1) is 5.92 Å². The maximum absolute atomic E-state index is 12.3. The van der Waals surface area contributed by atoms with Crippen LogP contribution in [0.25, 0.3) is 22.8 Å². The first kappa shape index (κ1) is 19.6. The fraction of sp³-hybridized carbons (Fsp3) is 0.409. The summed E-state index contributed by atoms with van der Waals surface area (Å²) in [6.07, 6.45) is 7.97. The quantitative estimate of drug-likeness (QED) is 0.654. The van der Waals surface area contributed by atoms with Crippen LogP contribution >= 0.6 is 0 Å². The van der Waals surface area contributed by atoms with Gasteiger partial charge in [-0.15, -0.1) is 0 Å². The van der Waals surface area contributed by atoms with Crippen molar-refractivity contribution in [3.63, 3.8) is 0 Å². The second-order valence-electron chi connectivity index (χ2n) is 8.14. The molecule has 1 saturated carbocycles. The third-order valence-electron chi connectivity index (χ3n) is 6.11. The van der Waals surface area contributed by atoms with E-state index in [0.717, 1.165) is 60.7 Å². The Labute approximate surface area is 180 Å². The summed E-state index contributed by atoms with van der Waals surface area (Å²) in [5.41, 5.74) is 3.21. The van der Waals surface area contributed by atoms with E-state index < -0.39 is 0 Å². The van der Waals surface area contributed by atoms with Crippen LogP contribution in [0.3, 0.4) is 0 Å². The molecule has 0 unspecified atom stereocenters. The van der Waals surface area contributed by atoms with Crippen molar-refractivity contribution in [2.24, 2.45) is 5.92 Å². The van der Waals surface area contributed by atoms with Crippen molar-refractivity contribution >= 4 is 17.4 Å². The summed E-state index contributed by atoms with van der Waals surface area (Å²) in [6.45, 7) is 1.16. The van der Waals surface area contributed by atoms with Gasteiger partial charge < -0.3 is 15.0 Å². The van der Waals surface area contributed by atoms with Crippen LogP contribution in [0.15, 0.2) is 36.8 Å². The summed E-state index contributed by atoms with van der Waals surface area (Å²) in [7, 11) is 1.79. The topological polar surface area (TPSA) is 109 Å². The molecule has 0 bridgehead atoms. The van der Waals surface area contributed by atoms with Crippen molar-refractivity contribution < 1.29 is 9.53 Å².